The van der Waals surface area contributed by atoms with Crippen molar-refractivity contribution >= 4 is 11.9 Å². The summed E-state index contributed by atoms with van der Waals surface area (Å²) >= 11 is 0. The van der Waals surface area contributed by atoms with Crippen molar-refractivity contribution in [3.63, 3.8) is 0 Å². The number of nitrogens with zero attached hydrogens (tertiary/aromatic N) is 1. The minimum absolute atomic E-state index is 0.0915. The third-order valence-electron chi connectivity index (χ3n) is 4.41. The Bertz CT molecular complexity index is 647. The van der Waals surface area contributed by atoms with E-state index >= 15 is 0 Å². The molecule has 0 spiro atoms. The van der Waals surface area contributed by atoms with Crippen LogP contribution in [0.2, 0.25) is 0 Å². The number of rotatable bonds is 1. The van der Waals surface area contributed by atoms with Gasteiger partial charge in [-0.1, -0.05) is 0 Å². The molecule has 2 aliphatic heterocycles. The molecule has 0 radical (unpaired) electrons. The zero-order chi connectivity index (χ0) is 16.1. The van der Waals surface area contributed by atoms with Gasteiger partial charge in [0, 0.05) is 30.1 Å². The lowest BCUT2D eigenvalue weighted by atomic mass is 9.90. The highest BCUT2D eigenvalue weighted by molar-refractivity contribution is 5.97. The Morgan fingerprint density at radius 2 is 2.05 bits per heavy atom. The Kier molecular flexibility index (Phi) is 3.38. The second-order valence-electron chi connectivity index (χ2n) is 5.82. The molecule has 7 heteroatoms. The van der Waals surface area contributed by atoms with Gasteiger partial charge in [0.2, 0.25) is 0 Å². The number of amides is 1. The van der Waals surface area contributed by atoms with E-state index in [9.17, 15) is 22.8 Å². The van der Waals surface area contributed by atoms with Gasteiger partial charge >= 0.3 is 5.97 Å². The number of aliphatic carboxylic acids is 1. The Labute approximate surface area is 124 Å². The van der Waals surface area contributed by atoms with Crippen molar-refractivity contribution in [2.75, 3.05) is 6.54 Å². The topological polar surface area (TPSA) is 57.6 Å². The second kappa shape index (κ2) is 5.00. The van der Waals surface area contributed by atoms with Gasteiger partial charge in [-0.2, -0.15) is 0 Å². The molecule has 2 unspecified atom stereocenters. The summed E-state index contributed by atoms with van der Waals surface area (Å²) in [5.41, 5.74) is -0.862. The van der Waals surface area contributed by atoms with E-state index in [0.717, 1.165) is 12.1 Å². The number of benzene rings is 1. The highest BCUT2D eigenvalue weighted by atomic mass is 19.3. The van der Waals surface area contributed by atoms with Gasteiger partial charge in [-0.05, 0) is 31.0 Å². The van der Waals surface area contributed by atoms with Crippen LogP contribution in [0.1, 0.15) is 35.2 Å². The van der Waals surface area contributed by atoms with Crippen LogP contribution in [0.3, 0.4) is 0 Å². The first-order valence-electron chi connectivity index (χ1n) is 7.01. The van der Waals surface area contributed by atoms with Crippen LogP contribution in [-0.4, -0.2) is 34.5 Å². The number of piperidine rings is 1. The summed E-state index contributed by atoms with van der Waals surface area (Å²) in [4.78, 5) is 24.8. The summed E-state index contributed by atoms with van der Waals surface area (Å²) in [6, 6.07) is 1.98. The average Bonchev–Trinajstić information content (AvgIpc) is 2.53. The molecular formula is C15H14F3NO3. The lowest BCUT2D eigenvalue weighted by Crippen LogP contribution is -2.48. The number of carbonyl (C=O) groups excluding carboxylic acids is 1. The number of alkyl halides is 2. The third kappa shape index (κ3) is 2.34. The van der Waals surface area contributed by atoms with E-state index in [0.29, 0.717) is 6.07 Å². The molecule has 1 aromatic carbocycles. The second-order valence-corrected chi connectivity index (χ2v) is 5.82. The van der Waals surface area contributed by atoms with Crippen molar-refractivity contribution in [2.24, 2.45) is 5.92 Å². The lowest BCUT2D eigenvalue weighted by molar-refractivity contribution is -0.144. The van der Waals surface area contributed by atoms with Gasteiger partial charge in [0.15, 0.2) is 0 Å². The zero-order valence-electron chi connectivity index (χ0n) is 11.6. The van der Waals surface area contributed by atoms with Gasteiger partial charge in [-0.15, -0.1) is 0 Å². The molecule has 2 heterocycles. The first-order chi connectivity index (χ1) is 10.3. The first kappa shape index (κ1) is 14.9. The van der Waals surface area contributed by atoms with Gasteiger partial charge in [0.05, 0.1) is 5.92 Å². The van der Waals surface area contributed by atoms with Gasteiger partial charge < -0.3 is 10.0 Å². The molecule has 1 fully saturated rings. The summed E-state index contributed by atoms with van der Waals surface area (Å²) in [5.74, 6) is -6.59. The molecule has 2 atom stereocenters. The maximum atomic E-state index is 14.4. The Morgan fingerprint density at radius 3 is 2.73 bits per heavy atom. The van der Waals surface area contributed by atoms with Crippen molar-refractivity contribution in [3.8, 4) is 0 Å². The fraction of sp³-hybridized carbons (Fsp3) is 0.467. The molecule has 4 nitrogen and oxygen atoms in total. The molecule has 0 bridgehead atoms. The standard InChI is InChI=1S/C15H14F3NO3/c16-9-2-4-11-12(5-9)15(17,18)6-10-3-1-8(14(21)22)7-19(10)13(11)20/h2,4-5,8,10H,1,3,6-7H2,(H,21,22). The van der Waals surface area contributed by atoms with Crippen molar-refractivity contribution in [1.29, 1.82) is 0 Å². The highest BCUT2D eigenvalue weighted by Gasteiger charge is 2.47. The van der Waals surface area contributed by atoms with Crippen LogP contribution >= 0.6 is 0 Å². The number of carboxylic acids is 1. The highest BCUT2D eigenvalue weighted by Crippen LogP contribution is 2.42. The average molecular weight is 313 g/mol. The zero-order valence-corrected chi connectivity index (χ0v) is 11.6. The summed E-state index contributed by atoms with van der Waals surface area (Å²) in [6.07, 6.45) is -0.152. The van der Waals surface area contributed by atoms with E-state index in [2.05, 4.69) is 0 Å². The predicted octanol–water partition coefficient (Wildman–Crippen LogP) is 2.63. The van der Waals surface area contributed by atoms with Crippen LogP contribution < -0.4 is 0 Å². The van der Waals surface area contributed by atoms with Crippen molar-refractivity contribution in [3.05, 3.63) is 35.1 Å². The number of hydrogen-bond acceptors (Lipinski definition) is 2. The molecular weight excluding hydrogens is 299 g/mol. The van der Waals surface area contributed by atoms with Crippen molar-refractivity contribution < 1.29 is 27.9 Å². The van der Waals surface area contributed by atoms with E-state index in [-0.39, 0.29) is 24.9 Å². The molecule has 1 aromatic rings. The maximum Gasteiger partial charge on any atom is 0.308 e. The summed E-state index contributed by atoms with van der Waals surface area (Å²) < 4.78 is 42.1. The first-order valence-corrected chi connectivity index (χ1v) is 7.01. The molecule has 0 aromatic heterocycles. The van der Waals surface area contributed by atoms with Crippen molar-refractivity contribution in [1.82, 2.24) is 4.90 Å². The maximum absolute atomic E-state index is 14.4. The molecule has 118 valence electrons. The van der Waals surface area contributed by atoms with E-state index in [1.54, 1.807) is 0 Å². The van der Waals surface area contributed by atoms with Crippen molar-refractivity contribution in [2.45, 2.75) is 31.2 Å². The molecule has 22 heavy (non-hydrogen) atoms. The summed E-state index contributed by atoms with van der Waals surface area (Å²) in [6.45, 7) is -0.0915. The molecule has 0 aliphatic carbocycles. The number of carboxylic acid groups (broad SMARTS) is 1. The molecule has 2 aliphatic rings. The van der Waals surface area contributed by atoms with Crippen LogP contribution in [0.15, 0.2) is 18.2 Å². The summed E-state index contributed by atoms with van der Waals surface area (Å²) in [7, 11) is 0. The lowest BCUT2D eigenvalue weighted by Gasteiger charge is -2.37. The quantitative estimate of drug-likeness (QED) is 0.867. The monoisotopic (exact) mass is 313 g/mol. The third-order valence-corrected chi connectivity index (χ3v) is 4.41. The molecule has 1 N–H and O–H groups in total. The molecule has 1 amide bonds. The fourth-order valence-corrected chi connectivity index (χ4v) is 3.26. The fourth-order valence-electron chi connectivity index (χ4n) is 3.26. The minimum atomic E-state index is -3.32. The smallest absolute Gasteiger partial charge is 0.308 e. The van der Waals surface area contributed by atoms with Crippen LogP contribution in [-0.2, 0) is 10.7 Å². The minimum Gasteiger partial charge on any atom is -0.481 e. The Morgan fingerprint density at radius 1 is 1.32 bits per heavy atom. The van der Waals surface area contributed by atoms with Gasteiger partial charge in [-0.25, -0.2) is 13.2 Å². The number of fused-ring (bicyclic) bond motifs is 2. The SMILES string of the molecule is O=C(O)C1CCC2CC(F)(F)c3cc(F)ccc3C(=O)N2C1. The van der Waals surface area contributed by atoms with Gasteiger partial charge in [0.1, 0.15) is 5.82 Å². The predicted molar refractivity (Wildman–Crippen MR) is 70.1 cm³/mol. The molecule has 0 saturated carbocycles. The van der Waals surface area contributed by atoms with E-state index < -0.39 is 47.6 Å². The van der Waals surface area contributed by atoms with E-state index in [4.69, 9.17) is 5.11 Å². The molecule has 3 rings (SSSR count). The Balaban J connectivity index is 2.05. The van der Waals surface area contributed by atoms with Crippen LogP contribution in [0.4, 0.5) is 13.2 Å². The van der Waals surface area contributed by atoms with E-state index in [1.807, 2.05) is 0 Å². The van der Waals surface area contributed by atoms with Crippen LogP contribution in [0.5, 0.6) is 0 Å². The number of carbonyl (C=O) groups is 2. The number of halogens is 3. The van der Waals surface area contributed by atoms with Gasteiger partial charge in [-0.3, -0.25) is 9.59 Å². The normalized spacial score (nSPS) is 26.9. The largest absolute Gasteiger partial charge is 0.481 e. The number of hydrogen-bond donors (Lipinski definition) is 1. The van der Waals surface area contributed by atoms with E-state index in [1.165, 1.54) is 4.90 Å². The van der Waals surface area contributed by atoms with Crippen LogP contribution in [0.25, 0.3) is 0 Å². The van der Waals surface area contributed by atoms with Gasteiger partial charge in [0.25, 0.3) is 11.8 Å². The Hall–Kier alpha value is -2.05. The van der Waals surface area contributed by atoms with Crippen LogP contribution in [0, 0.1) is 11.7 Å². The molecule has 1 saturated heterocycles. The summed E-state index contributed by atoms with van der Waals surface area (Å²) in [5, 5.41) is 9.08.